The van der Waals surface area contributed by atoms with Gasteiger partial charge in [0.25, 0.3) is 0 Å². The van der Waals surface area contributed by atoms with Gasteiger partial charge >= 0.3 is 0 Å². The van der Waals surface area contributed by atoms with E-state index < -0.39 is 0 Å². The number of piperidine rings is 1. The largest absolute Gasteiger partial charge is 0.342 e. The van der Waals surface area contributed by atoms with Crippen molar-refractivity contribution in [2.75, 3.05) is 32.7 Å². The maximum absolute atomic E-state index is 12.0. The Kier molecular flexibility index (Phi) is 5.00. The summed E-state index contributed by atoms with van der Waals surface area (Å²) >= 11 is 0. The van der Waals surface area contributed by atoms with E-state index in [0.717, 1.165) is 57.2 Å². The molecular formula is C21H29N5O. The number of aromatic nitrogens is 3. The molecule has 4 rings (SSSR count). The van der Waals surface area contributed by atoms with Gasteiger partial charge in [-0.3, -0.25) is 9.89 Å². The highest BCUT2D eigenvalue weighted by Crippen LogP contribution is 2.44. The summed E-state index contributed by atoms with van der Waals surface area (Å²) in [7, 11) is 0. The lowest BCUT2D eigenvalue weighted by molar-refractivity contribution is -0.128. The van der Waals surface area contributed by atoms with Crippen molar-refractivity contribution in [1.82, 2.24) is 25.0 Å². The number of hydrogen-bond donors (Lipinski definition) is 1. The van der Waals surface area contributed by atoms with Crippen LogP contribution in [0.15, 0.2) is 30.3 Å². The highest BCUT2D eigenvalue weighted by molar-refractivity contribution is 5.74. The molecular weight excluding hydrogens is 338 g/mol. The average molecular weight is 367 g/mol. The van der Waals surface area contributed by atoms with Gasteiger partial charge < -0.3 is 9.80 Å². The molecule has 2 aliphatic rings. The summed E-state index contributed by atoms with van der Waals surface area (Å²) in [5.74, 6) is 2.32. The van der Waals surface area contributed by atoms with Crippen molar-refractivity contribution in [3.05, 3.63) is 47.5 Å². The van der Waals surface area contributed by atoms with Gasteiger partial charge in [-0.1, -0.05) is 30.3 Å². The predicted molar refractivity (Wildman–Crippen MR) is 104 cm³/mol. The Hall–Kier alpha value is -2.21. The minimum Gasteiger partial charge on any atom is -0.342 e. The number of H-pyrrole nitrogens is 1. The topological polar surface area (TPSA) is 65.1 Å². The Morgan fingerprint density at radius 2 is 2.11 bits per heavy atom. The summed E-state index contributed by atoms with van der Waals surface area (Å²) in [6.07, 6.45) is 3.30. The number of carbonyl (C=O) groups excluding carboxylic acids is 1. The lowest BCUT2D eigenvalue weighted by atomic mass is 9.72. The standard InChI is InChI=1S/C21H29N5O/c1-16-22-20(24-23-16)21-10-12-25(11-6-9-18-7-4-3-5-8-18)13-19(21)14-26(15-21)17(2)27/h3-5,7-8,19H,6,9-15H2,1-2H3,(H,22,23,24)/t19-,21-/m1/s1. The number of amides is 1. The Bertz CT molecular complexity index is 789. The van der Waals surface area contributed by atoms with Gasteiger partial charge in [0.15, 0.2) is 5.82 Å². The molecule has 0 radical (unpaired) electrons. The first-order chi connectivity index (χ1) is 13.1. The molecule has 1 aromatic carbocycles. The number of aromatic amines is 1. The SMILES string of the molecule is CC(=O)N1C[C@H]2CN(CCCc3ccccc3)CC[C@@]2(c2n[nH]c(C)n2)C1. The number of carbonyl (C=O) groups is 1. The molecule has 0 spiro atoms. The number of benzene rings is 1. The molecule has 2 atom stereocenters. The molecule has 2 aliphatic heterocycles. The normalized spacial score (nSPS) is 25.6. The highest BCUT2D eigenvalue weighted by atomic mass is 16.2. The van der Waals surface area contributed by atoms with Gasteiger partial charge in [0.2, 0.25) is 5.91 Å². The summed E-state index contributed by atoms with van der Waals surface area (Å²) in [5.41, 5.74) is 1.32. The Morgan fingerprint density at radius 1 is 1.30 bits per heavy atom. The fraction of sp³-hybridized carbons (Fsp3) is 0.571. The first kappa shape index (κ1) is 18.2. The van der Waals surface area contributed by atoms with Crippen molar-refractivity contribution in [2.24, 2.45) is 5.92 Å². The summed E-state index contributed by atoms with van der Waals surface area (Å²) in [5, 5.41) is 7.50. The van der Waals surface area contributed by atoms with Crippen LogP contribution in [0.4, 0.5) is 0 Å². The minimum absolute atomic E-state index is 0.0909. The molecule has 0 saturated carbocycles. The van der Waals surface area contributed by atoms with Crippen LogP contribution < -0.4 is 0 Å². The van der Waals surface area contributed by atoms with E-state index in [4.69, 9.17) is 0 Å². The molecule has 2 aromatic rings. The van der Waals surface area contributed by atoms with Crippen LogP contribution in [0.5, 0.6) is 0 Å². The average Bonchev–Trinajstić information content (AvgIpc) is 3.27. The Labute approximate surface area is 161 Å². The van der Waals surface area contributed by atoms with Gasteiger partial charge in [0.05, 0.1) is 5.41 Å². The minimum atomic E-state index is -0.0909. The maximum Gasteiger partial charge on any atom is 0.219 e. The molecule has 27 heavy (non-hydrogen) atoms. The second-order valence-electron chi connectivity index (χ2n) is 8.14. The van der Waals surface area contributed by atoms with Crippen LogP contribution in [0, 0.1) is 12.8 Å². The highest BCUT2D eigenvalue weighted by Gasteiger charge is 2.53. The van der Waals surface area contributed by atoms with E-state index in [1.54, 1.807) is 6.92 Å². The fourth-order valence-electron chi connectivity index (χ4n) is 4.78. The molecule has 2 saturated heterocycles. The monoisotopic (exact) mass is 367 g/mol. The molecule has 0 bridgehead atoms. The number of likely N-dealkylation sites (tertiary alicyclic amines) is 2. The number of nitrogens with zero attached hydrogens (tertiary/aromatic N) is 4. The van der Waals surface area contributed by atoms with E-state index in [2.05, 4.69) is 50.4 Å². The van der Waals surface area contributed by atoms with Crippen LogP contribution in [0.2, 0.25) is 0 Å². The van der Waals surface area contributed by atoms with Crippen molar-refractivity contribution in [3.8, 4) is 0 Å². The lowest BCUT2D eigenvalue weighted by Crippen LogP contribution is -2.50. The van der Waals surface area contributed by atoms with Gasteiger partial charge in [-0.05, 0) is 44.8 Å². The van der Waals surface area contributed by atoms with Gasteiger partial charge in [0.1, 0.15) is 5.82 Å². The Morgan fingerprint density at radius 3 is 2.81 bits per heavy atom. The van der Waals surface area contributed by atoms with E-state index in [1.807, 2.05) is 11.8 Å². The molecule has 2 fully saturated rings. The van der Waals surface area contributed by atoms with Crippen LogP contribution in [-0.4, -0.2) is 63.6 Å². The quantitative estimate of drug-likeness (QED) is 0.880. The van der Waals surface area contributed by atoms with Crippen LogP contribution in [0.25, 0.3) is 0 Å². The third-order valence-corrected chi connectivity index (χ3v) is 6.32. The second-order valence-corrected chi connectivity index (χ2v) is 8.14. The van der Waals surface area contributed by atoms with E-state index in [1.165, 1.54) is 12.0 Å². The first-order valence-corrected chi connectivity index (χ1v) is 9.98. The number of hydrogen-bond acceptors (Lipinski definition) is 4. The summed E-state index contributed by atoms with van der Waals surface area (Å²) < 4.78 is 0. The molecule has 144 valence electrons. The molecule has 1 amide bonds. The predicted octanol–water partition coefficient (Wildman–Crippen LogP) is 2.17. The van der Waals surface area contributed by atoms with Crippen LogP contribution in [0.1, 0.15) is 37.0 Å². The molecule has 0 unspecified atom stereocenters. The Balaban J connectivity index is 1.43. The lowest BCUT2D eigenvalue weighted by Gasteiger charge is -2.41. The van der Waals surface area contributed by atoms with E-state index in [9.17, 15) is 4.79 Å². The van der Waals surface area contributed by atoms with Gasteiger partial charge in [0, 0.05) is 32.5 Å². The molecule has 3 heterocycles. The van der Waals surface area contributed by atoms with Gasteiger partial charge in [-0.25, -0.2) is 4.98 Å². The van der Waals surface area contributed by atoms with Crippen molar-refractivity contribution in [3.63, 3.8) is 0 Å². The number of fused-ring (bicyclic) bond motifs is 1. The second kappa shape index (κ2) is 7.43. The van der Waals surface area contributed by atoms with Gasteiger partial charge in [-0.15, -0.1) is 0 Å². The first-order valence-electron chi connectivity index (χ1n) is 9.98. The smallest absolute Gasteiger partial charge is 0.219 e. The molecule has 1 aromatic heterocycles. The molecule has 0 aliphatic carbocycles. The maximum atomic E-state index is 12.0. The number of aryl methyl sites for hydroxylation is 2. The zero-order valence-corrected chi connectivity index (χ0v) is 16.3. The van der Waals surface area contributed by atoms with Crippen molar-refractivity contribution in [2.45, 2.75) is 38.5 Å². The van der Waals surface area contributed by atoms with Crippen molar-refractivity contribution < 1.29 is 4.79 Å². The van der Waals surface area contributed by atoms with E-state index >= 15 is 0 Å². The molecule has 6 heteroatoms. The summed E-state index contributed by atoms with van der Waals surface area (Å²) in [6.45, 7) is 8.36. The van der Waals surface area contributed by atoms with Crippen LogP contribution in [-0.2, 0) is 16.6 Å². The molecule has 6 nitrogen and oxygen atoms in total. The van der Waals surface area contributed by atoms with Crippen molar-refractivity contribution >= 4 is 5.91 Å². The van der Waals surface area contributed by atoms with Crippen LogP contribution in [0.3, 0.4) is 0 Å². The van der Waals surface area contributed by atoms with E-state index in [-0.39, 0.29) is 11.3 Å². The number of nitrogens with one attached hydrogen (secondary N) is 1. The van der Waals surface area contributed by atoms with Crippen molar-refractivity contribution in [1.29, 1.82) is 0 Å². The third kappa shape index (κ3) is 3.63. The zero-order chi connectivity index (χ0) is 18.9. The number of rotatable bonds is 5. The third-order valence-electron chi connectivity index (χ3n) is 6.32. The molecule has 1 N–H and O–H groups in total. The van der Waals surface area contributed by atoms with E-state index in [0.29, 0.717) is 5.92 Å². The fourth-order valence-corrected chi connectivity index (χ4v) is 4.78. The van der Waals surface area contributed by atoms with Crippen LogP contribution >= 0.6 is 0 Å². The summed E-state index contributed by atoms with van der Waals surface area (Å²) in [4.78, 5) is 21.3. The summed E-state index contributed by atoms with van der Waals surface area (Å²) in [6, 6.07) is 10.7. The van der Waals surface area contributed by atoms with Gasteiger partial charge in [-0.2, -0.15) is 5.10 Å². The zero-order valence-electron chi connectivity index (χ0n) is 16.3.